The van der Waals surface area contributed by atoms with E-state index in [4.69, 9.17) is 4.43 Å². The molecule has 0 aliphatic rings. The van der Waals surface area contributed by atoms with Gasteiger partial charge in [-0.3, -0.25) is 0 Å². The van der Waals surface area contributed by atoms with Gasteiger partial charge in [-0.15, -0.1) is 0 Å². The van der Waals surface area contributed by atoms with Gasteiger partial charge in [0.25, 0.3) is 0 Å². The maximum atomic E-state index is 5.91. The summed E-state index contributed by atoms with van der Waals surface area (Å²) in [7, 11) is -0.445. The summed E-state index contributed by atoms with van der Waals surface area (Å²) in [5.74, 6) is 0.611. The van der Waals surface area contributed by atoms with Gasteiger partial charge in [-0.25, -0.2) is 0 Å². The van der Waals surface area contributed by atoms with E-state index in [2.05, 4.69) is 58.9 Å². The lowest BCUT2D eigenvalue weighted by molar-refractivity contribution is 0.138. The highest BCUT2D eigenvalue weighted by Crippen LogP contribution is 2.19. The summed E-state index contributed by atoms with van der Waals surface area (Å²) in [6.45, 7) is 10.9. The van der Waals surface area contributed by atoms with Crippen molar-refractivity contribution in [3.63, 3.8) is 0 Å². The van der Waals surface area contributed by atoms with Crippen molar-refractivity contribution in [3.8, 4) is 0 Å². The van der Waals surface area contributed by atoms with E-state index in [0.29, 0.717) is 5.92 Å². The summed E-state index contributed by atoms with van der Waals surface area (Å²) in [6.07, 6.45) is 0. The highest BCUT2D eigenvalue weighted by Gasteiger charge is 2.11. The van der Waals surface area contributed by atoms with Gasteiger partial charge < -0.3 is 4.43 Å². The van der Waals surface area contributed by atoms with Crippen LogP contribution < -0.4 is 0 Å². The van der Waals surface area contributed by atoms with Crippen LogP contribution in [-0.4, -0.2) is 15.4 Å². The molecule has 90 valence electrons. The molecule has 1 rings (SSSR count). The molecule has 0 saturated carbocycles. The van der Waals surface area contributed by atoms with Crippen molar-refractivity contribution in [2.24, 2.45) is 0 Å². The minimum absolute atomic E-state index is 0.0268. The van der Waals surface area contributed by atoms with Gasteiger partial charge in [-0.05, 0) is 43.9 Å². The normalized spacial score (nSPS) is 12.9. The number of hydrogen-bond acceptors (Lipinski definition) is 1. The Balaban J connectivity index is 2.60. The minimum atomic E-state index is -0.445. The molecule has 16 heavy (non-hydrogen) atoms. The Kier molecular flexibility index (Phi) is 4.75. The topological polar surface area (TPSA) is 9.23 Å². The Labute approximate surface area is 102 Å². The first-order valence-corrected chi connectivity index (χ1v) is 7.69. The minimum Gasteiger partial charge on any atom is -0.419 e. The van der Waals surface area contributed by atoms with Gasteiger partial charge in [-0.1, -0.05) is 38.1 Å². The quantitative estimate of drug-likeness (QED) is 0.730. The maximum absolute atomic E-state index is 5.91. The monoisotopic (exact) mass is 236 g/mol. The number of rotatable bonds is 4. The largest absolute Gasteiger partial charge is 0.419 e. The van der Waals surface area contributed by atoms with E-state index in [0.717, 1.165) is 6.04 Å². The van der Waals surface area contributed by atoms with Crippen LogP contribution in [0.2, 0.25) is 0 Å². The van der Waals surface area contributed by atoms with E-state index in [9.17, 15) is 0 Å². The molecule has 1 nitrogen and oxygen atoms in total. The van der Waals surface area contributed by atoms with Crippen LogP contribution in [0.4, 0.5) is 0 Å². The van der Waals surface area contributed by atoms with Crippen LogP contribution in [0.3, 0.4) is 0 Å². The van der Waals surface area contributed by atoms with Crippen LogP contribution in [-0.2, 0) is 10.5 Å². The van der Waals surface area contributed by atoms with Gasteiger partial charge in [-0.2, -0.15) is 0 Å². The fourth-order valence-electron chi connectivity index (χ4n) is 1.79. The van der Waals surface area contributed by atoms with Crippen molar-refractivity contribution >= 4 is 9.76 Å². The lowest BCUT2D eigenvalue weighted by Gasteiger charge is -2.20. The van der Waals surface area contributed by atoms with E-state index in [1.165, 1.54) is 11.1 Å². The summed E-state index contributed by atoms with van der Waals surface area (Å²) in [6, 6.07) is 9.89. The number of benzene rings is 1. The van der Waals surface area contributed by atoms with Crippen molar-refractivity contribution in [2.75, 3.05) is 0 Å². The van der Waals surface area contributed by atoms with Gasteiger partial charge in [0, 0.05) is 5.60 Å². The average molecular weight is 236 g/mol. The summed E-state index contributed by atoms with van der Waals surface area (Å²) in [4.78, 5) is 0. The molecule has 0 aliphatic heterocycles. The highest BCUT2D eigenvalue weighted by atomic mass is 28.2. The lowest BCUT2D eigenvalue weighted by atomic mass is 9.98. The summed E-state index contributed by atoms with van der Waals surface area (Å²) >= 11 is 0. The molecule has 0 aromatic heterocycles. The van der Waals surface area contributed by atoms with E-state index < -0.39 is 9.76 Å². The summed E-state index contributed by atoms with van der Waals surface area (Å²) in [5, 5.41) is 0. The van der Waals surface area contributed by atoms with E-state index in [1.807, 2.05) is 0 Å². The Bertz CT molecular complexity index is 326. The molecule has 0 unspecified atom stereocenters. The smallest absolute Gasteiger partial charge is 0.166 e. The van der Waals surface area contributed by atoms with Crippen LogP contribution in [0.1, 0.15) is 51.7 Å². The molecule has 0 aliphatic carbocycles. The Hall–Kier alpha value is -0.603. The molecular formula is C14H24OSi. The predicted octanol–water partition coefficient (Wildman–Crippen LogP) is 3.21. The van der Waals surface area contributed by atoms with Crippen LogP contribution in [0, 0.1) is 0 Å². The van der Waals surface area contributed by atoms with Gasteiger partial charge >= 0.3 is 0 Å². The highest BCUT2D eigenvalue weighted by molar-refractivity contribution is 6.26. The maximum Gasteiger partial charge on any atom is 0.166 e. The van der Waals surface area contributed by atoms with Gasteiger partial charge in [0.2, 0.25) is 0 Å². The molecule has 0 bridgehead atoms. The molecule has 2 heteroatoms. The zero-order valence-corrected chi connectivity index (χ0v) is 12.6. The van der Waals surface area contributed by atoms with Crippen molar-refractivity contribution in [2.45, 2.75) is 52.2 Å². The standard InChI is InChI=1S/C14H24OSi/c1-11(2)13-9-7-6-8-12(13)10-16-15-14(3,4)5/h6-9,11H,10,16H2,1-5H3. The van der Waals surface area contributed by atoms with Crippen molar-refractivity contribution < 1.29 is 4.43 Å². The van der Waals surface area contributed by atoms with Crippen LogP contribution in [0.5, 0.6) is 0 Å². The molecule has 0 atom stereocenters. The van der Waals surface area contributed by atoms with Crippen LogP contribution in [0.25, 0.3) is 0 Å². The molecule has 1 aromatic rings. The zero-order valence-electron chi connectivity index (χ0n) is 11.2. The van der Waals surface area contributed by atoms with Crippen LogP contribution >= 0.6 is 0 Å². The molecule has 0 fully saturated rings. The van der Waals surface area contributed by atoms with Crippen molar-refractivity contribution in [1.82, 2.24) is 0 Å². The fourth-order valence-corrected chi connectivity index (χ4v) is 3.18. The third-order valence-electron chi connectivity index (χ3n) is 2.58. The molecule has 0 saturated heterocycles. The van der Waals surface area contributed by atoms with E-state index >= 15 is 0 Å². The molecule has 0 spiro atoms. The molecule has 0 heterocycles. The summed E-state index contributed by atoms with van der Waals surface area (Å²) in [5.41, 5.74) is 2.99. The SMILES string of the molecule is CC(C)c1ccccc1C[SiH2]OC(C)(C)C. The van der Waals surface area contributed by atoms with Gasteiger partial charge in [0.1, 0.15) is 0 Å². The van der Waals surface area contributed by atoms with E-state index in [-0.39, 0.29) is 5.60 Å². The molecule has 0 radical (unpaired) electrons. The van der Waals surface area contributed by atoms with Crippen molar-refractivity contribution in [3.05, 3.63) is 35.4 Å². The second-order valence-corrected chi connectivity index (χ2v) is 6.76. The molecular weight excluding hydrogens is 212 g/mol. The van der Waals surface area contributed by atoms with Crippen molar-refractivity contribution in [1.29, 1.82) is 0 Å². The predicted molar refractivity (Wildman–Crippen MR) is 73.6 cm³/mol. The second-order valence-electron chi connectivity index (χ2n) is 5.56. The van der Waals surface area contributed by atoms with E-state index in [1.54, 1.807) is 0 Å². The molecule has 1 aromatic carbocycles. The second kappa shape index (κ2) is 5.64. The first kappa shape index (κ1) is 13.5. The molecule has 0 amide bonds. The van der Waals surface area contributed by atoms with Crippen LogP contribution in [0.15, 0.2) is 24.3 Å². The Morgan fingerprint density at radius 2 is 1.81 bits per heavy atom. The van der Waals surface area contributed by atoms with Gasteiger partial charge in [0.05, 0.1) is 0 Å². The first-order valence-electron chi connectivity index (χ1n) is 6.12. The Morgan fingerprint density at radius 1 is 1.19 bits per heavy atom. The fraction of sp³-hybridized carbons (Fsp3) is 0.571. The number of hydrogen-bond donors (Lipinski definition) is 0. The lowest BCUT2D eigenvalue weighted by Crippen LogP contribution is -2.23. The average Bonchev–Trinajstić information content (AvgIpc) is 2.16. The zero-order chi connectivity index (χ0) is 12.2. The Morgan fingerprint density at radius 3 is 2.38 bits per heavy atom. The van der Waals surface area contributed by atoms with Gasteiger partial charge in [0.15, 0.2) is 9.76 Å². The third-order valence-corrected chi connectivity index (χ3v) is 4.40. The first-order chi connectivity index (χ1) is 7.40. The summed E-state index contributed by atoms with van der Waals surface area (Å²) < 4.78 is 5.91. The third kappa shape index (κ3) is 4.50. The molecule has 0 N–H and O–H groups in total.